The van der Waals surface area contributed by atoms with Gasteiger partial charge in [0.05, 0.1) is 18.9 Å². The third-order valence-electron chi connectivity index (χ3n) is 3.15. The molecule has 1 aromatic carbocycles. The Hall–Kier alpha value is -2.27. The van der Waals surface area contributed by atoms with Crippen LogP contribution in [0, 0.1) is 0 Å². The number of pyridine rings is 1. The molecule has 0 bridgehead atoms. The number of benzene rings is 1. The van der Waals surface area contributed by atoms with E-state index in [-0.39, 0.29) is 0 Å². The minimum Gasteiger partial charge on any atom is -0.454 e. The number of ether oxygens (including phenoxy) is 3. The minimum atomic E-state index is 0.292. The van der Waals surface area contributed by atoms with Crippen LogP contribution < -0.4 is 14.8 Å². The number of hydrogen-bond acceptors (Lipinski definition) is 5. The van der Waals surface area contributed by atoms with Crippen LogP contribution >= 0.6 is 0 Å². The van der Waals surface area contributed by atoms with Gasteiger partial charge >= 0.3 is 0 Å². The number of nitrogens with one attached hydrogen (secondary N) is 1. The third kappa shape index (κ3) is 3.44. The van der Waals surface area contributed by atoms with Crippen LogP contribution in [0.25, 0.3) is 0 Å². The number of anilines is 1. The molecule has 2 aromatic rings. The van der Waals surface area contributed by atoms with Gasteiger partial charge in [0, 0.05) is 18.4 Å². The van der Waals surface area contributed by atoms with E-state index < -0.39 is 0 Å². The lowest BCUT2D eigenvalue weighted by molar-refractivity contribution is 0.104. The van der Waals surface area contributed by atoms with Crippen LogP contribution in [-0.2, 0) is 18.0 Å². The summed E-state index contributed by atoms with van der Waals surface area (Å²) in [6, 6.07) is 9.79. The van der Waals surface area contributed by atoms with Crippen LogP contribution in [0.3, 0.4) is 0 Å². The highest BCUT2D eigenvalue weighted by Crippen LogP contribution is 2.32. The Balaban J connectivity index is 1.55. The van der Waals surface area contributed by atoms with Crippen molar-refractivity contribution in [3.8, 4) is 11.5 Å². The highest BCUT2D eigenvalue weighted by molar-refractivity contribution is 5.44. The first-order valence-electron chi connectivity index (χ1n) is 7.00. The van der Waals surface area contributed by atoms with Crippen molar-refractivity contribution in [2.75, 3.05) is 18.7 Å². The first-order chi connectivity index (χ1) is 10.3. The second-order valence-corrected chi connectivity index (χ2v) is 4.75. The fourth-order valence-corrected chi connectivity index (χ4v) is 2.18. The standard InChI is InChI=1S/C16H18N2O3/c1-2-17-13-5-6-18-14(8-13)10-19-9-12-3-4-15-16(7-12)21-11-20-15/h3-8H,2,9-11H2,1H3,(H,17,18). The lowest BCUT2D eigenvalue weighted by Crippen LogP contribution is -2.00. The van der Waals surface area contributed by atoms with E-state index in [0.29, 0.717) is 20.0 Å². The van der Waals surface area contributed by atoms with Gasteiger partial charge in [0.1, 0.15) is 0 Å². The van der Waals surface area contributed by atoms with Crippen molar-refractivity contribution in [2.45, 2.75) is 20.1 Å². The Bertz CT molecular complexity index is 616. The van der Waals surface area contributed by atoms with Crippen LogP contribution in [0.15, 0.2) is 36.5 Å². The van der Waals surface area contributed by atoms with Gasteiger partial charge in [-0.05, 0) is 36.8 Å². The molecule has 0 fully saturated rings. The first-order valence-corrected chi connectivity index (χ1v) is 7.00. The summed E-state index contributed by atoms with van der Waals surface area (Å²) < 4.78 is 16.3. The van der Waals surface area contributed by atoms with Crippen LogP contribution in [0.2, 0.25) is 0 Å². The summed E-state index contributed by atoms with van der Waals surface area (Å²) in [5.41, 5.74) is 3.03. The van der Waals surface area contributed by atoms with Crippen LogP contribution in [0.4, 0.5) is 5.69 Å². The Morgan fingerprint density at radius 1 is 1.14 bits per heavy atom. The van der Waals surface area contributed by atoms with Gasteiger partial charge in [0.15, 0.2) is 11.5 Å². The van der Waals surface area contributed by atoms with Gasteiger partial charge in [-0.15, -0.1) is 0 Å². The van der Waals surface area contributed by atoms with Crippen molar-refractivity contribution in [2.24, 2.45) is 0 Å². The van der Waals surface area contributed by atoms with Crippen LogP contribution in [0.5, 0.6) is 11.5 Å². The van der Waals surface area contributed by atoms with Gasteiger partial charge in [0.25, 0.3) is 0 Å². The molecule has 0 unspecified atom stereocenters. The summed E-state index contributed by atoms with van der Waals surface area (Å²) in [5, 5.41) is 3.26. The van der Waals surface area contributed by atoms with E-state index in [4.69, 9.17) is 14.2 Å². The molecule has 1 aliphatic rings. The molecule has 0 radical (unpaired) electrons. The number of fused-ring (bicyclic) bond motifs is 1. The molecule has 0 amide bonds. The van der Waals surface area contributed by atoms with Crippen molar-refractivity contribution in [3.05, 3.63) is 47.8 Å². The van der Waals surface area contributed by atoms with Gasteiger partial charge in [-0.1, -0.05) is 6.07 Å². The summed E-state index contributed by atoms with van der Waals surface area (Å²) in [4.78, 5) is 4.30. The molecule has 5 heteroatoms. The van der Waals surface area contributed by atoms with Gasteiger partial charge in [-0.25, -0.2) is 0 Å². The predicted molar refractivity (Wildman–Crippen MR) is 79.5 cm³/mol. The van der Waals surface area contributed by atoms with Crippen molar-refractivity contribution in [1.82, 2.24) is 4.98 Å². The lowest BCUT2D eigenvalue weighted by atomic mass is 10.2. The van der Waals surface area contributed by atoms with Gasteiger partial charge in [-0.2, -0.15) is 0 Å². The van der Waals surface area contributed by atoms with Crippen LogP contribution in [-0.4, -0.2) is 18.3 Å². The van der Waals surface area contributed by atoms with Crippen molar-refractivity contribution in [1.29, 1.82) is 0 Å². The average molecular weight is 286 g/mol. The SMILES string of the molecule is CCNc1ccnc(COCc2ccc3c(c2)OCO3)c1. The zero-order chi connectivity index (χ0) is 14.5. The molecule has 0 aliphatic carbocycles. The smallest absolute Gasteiger partial charge is 0.231 e. The quantitative estimate of drug-likeness (QED) is 0.884. The molecular formula is C16H18N2O3. The van der Waals surface area contributed by atoms with E-state index in [1.807, 2.05) is 30.3 Å². The summed E-state index contributed by atoms with van der Waals surface area (Å²) in [5.74, 6) is 1.57. The maximum atomic E-state index is 5.71. The zero-order valence-electron chi connectivity index (χ0n) is 12.0. The zero-order valence-corrected chi connectivity index (χ0v) is 12.0. The van der Waals surface area contributed by atoms with Crippen molar-refractivity contribution >= 4 is 5.69 Å². The number of hydrogen-bond donors (Lipinski definition) is 1. The van der Waals surface area contributed by atoms with Crippen molar-refractivity contribution < 1.29 is 14.2 Å². The highest BCUT2D eigenvalue weighted by atomic mass is 16.7. The monoisotopic (exact) mass is 286 g/mol. The van der Waals surface area contributed by atoms with E-state index in [0.717, 1.165) is 35.0 Å². The molecule has 110 valence electrons. The van der Waals surface area contributed by atoms with Gasteiger partial charge in [0.2, 0.25) is 6.79 Å². The molecule has 0 atom stereocenters. The molecule has 1 aliphatic heterocycles. The first kappa shape index (κ1) is 13.7. The highest BCUT2D eigenvalue weighted by Gasteiger charge is 2.13. The van der Waals surface area contributed by atoms with Crippen molar-refractivity contribution in [3.63, 3.8) is 0 Å². The van der Waals surface area contributed by atoms with E-state index in [2.05, 4.69) is 17.2 Å². The Morgan fingerprint density at radius 2 is 2.05 bits per heavy atom. The summed E-state index contributed by atoms with van der Waals surface area (Å²) in [6.45, 7) is 4.25. The number of rotatable bonds is 6. The van der Waals surface area contributed by atoms with E-state index >= 15 is 0 Å². The molecule has 0 saturated heterocycles. The normalized spacial score (nSPS) is 12.4. The fraction of sp³-hybridized carbons (Fsp3) is 0.312. The molecule has 0 saturated carbocycles. The average Bonchev–Trinajstić information content (AvgIpc) is 2.96. The Kier molecular flexibility index (Phi) is 4.21. The largest absolute Gasteiger partial charge is 0.454 e. The molecule has 1 N–H and O–H groups in total. The molecular weight excluding hydrogens is 268 g/mol. The topological polar surface area (TPSA) is 52.6 Å². The van der Waals surface area contributed by atoms with E-state index in [1.165, 1.54) is 0 Å². The number of nitrogens with zero attached hydrogens (tertiary/aromatic N) is 1. The maximum absolute atomic E-state index is 5.71. The molecule has 1 aromatic heterocycles. The summed E-state index contributed by atoms with van der Waals surface area (Å²) >= 11 is 0. The molecule has 3 rings (SSSR count). The third-order valence-corrected chi connectivity index (χ3v) is 3.15. The van der Waals surface area contributed by atoms with Gasteiger partial charge in [-0.3, -0.25) is 4.98 Å². The molecule has 5 nitrogen and oxygen atoms in total. The Labute approximate surface area is 123 Å². The van der Waals surface area contributed by atoms with E-state index in [1.54, 1.807) is 6.20 Å². The summed E-state index contributed by atoms with van der Waals surface area (Å²) in [7, 11) is 0. The lowest BCUT2D eigenvalue weighted by Gasteiger charge is -2.07. The second-order valence-electron chi connectivity index (χ2n) is 4.75. The Morgan fingerprint density at radius 3 is 2.95 bits per heavy atom. The van der Waals surface area contributed by atoms with E-state index in [9.17, 15) is 0 Å². The fourth-order valence-electron chi connectivity index (χ4n) is 2.18. The molecule has 21 heavy (non-hydrogen) atoms. The minimum absolute atomic E-state index is 0.292. The molecule has 0 spiro atoms. The molecule has 2 heterocycles. The predicted octanol–water partition coefficient (Wildman–Crippen LogP) is 2.96. The second kappa shape index (κ2) is 6.45. The number of aromatic nitrogens is 1. The maximum Gasteiger partial charge on any atom is 0.231 e. The van der Waals surface area contributed by atoms with Crippen LogP contribution in [0.1, 0.15) is 18.2 Å². The van der Waals surface area contributed by atoms with Gasteiger partial charge < -0.3 is 19.5 Å². The summed E-state index contributed by atoms with van der Waals surface area (Å²) in [6.07, 6.45) is 1.79.